The lowest BCUT2D eigenvalue weighted by Gasteiger charge is -2.20. The van der Waals surface area contributed by atoms with Crippen LogP contribution in [0.4, 0.5) is 0 Å². The molecule has 1 unspecified atom stereocenters. The first-order chi connectivity index (χ1) is 13.5. The van der Waals surface area contributed by atoms with Crippen molar-refractivity contribution in [1.82, 2.24) is 15.4 Å². The molecule has 2 aromatic carbocycles. The van der Waals surface area contributed by atoms with E-state index in [1.165, 1.54) is 11.1 Å². The molecule has 0 radical (unpaired) electrons. The van der Waals surface area contributed by atoms with Crippen molar-refractivity contribution in [2.75, 3.05) is 32.9 Å². The maximum atomic E-state index is 11.1. The Balaban J connectivity index is 0.00000420. The van der Waals surface area contributed by atoms with E-state index in [1.54, 1.807) is 7.05 Å². The minimum absolute atomic E-state index is 0. The van der Waals surface area contributed by atoms with Gasteiger partial charge in [-0.05, 0) is 24.0 Å². The van der Waals surface area contributed by atoms with Crippen molar-refractivity contribution in [2.24, 2.45) is 4.99 Å². The van der Waals surface area contributed by atoms with Gasteiger partial charge in [0.1, 0.15) is 0 Å². The van der Waals surface area contributed by atoms with E-state index in [1.807, 2.05) is 12.1 Å². The second-order valence-corrected chi connectivity index (χ2v) is 8.53. The Morgan fingerprint density at radius 2 is 1.59 bits per heavy atom. The van der Waals surface area contributed by atoms with Crippen LogP contribution in [0, 0.1) is 0 Å². The van der Waals surface area contributed by atoms with Crippen molar-refractivity contribution in [1.29, 1.82) is 0 Å². The topological polar surface area (TPSA) is 82.6 Å². The fourth-order valence-corrected chi connectivity index (χ4v) is 3.44. The Bertz CT molecular complexity index is 830. The van der Waals surface area contributed by atoms with Crippen LogP contribution in [0.1, 0.15) is 23.5 Å². The summed E-state index contributed by atoms with van der Waals surface area (Å²) in [5, 5.41) is 6.63. The molecule has 0 bridgehead atoms. The van der Waals surface area contributed by atoms with E-state index in [0.717, 1.165) is 19.2 Å². The Morgan fingerprint density at radius 1 is 0.966 bits per heavy atom. The second-order valence-electron chi connectivity index (χ2n) is 6.70. The SMILES string of the molecule is CN=C(NCCCNS(C)(=O)=O)NCC(Cc1ccccc1)c1ccccc1.I. The second kappa shape index (κ2) is 13.6. The van der Waals surface area contributed by atoms with Crippen molar-refractivity contribution in [3.63, 3.8) is 0 Å². The third kappa shape index (κ3) is 10.6. The highest BCUT2D eigenvalue weighted by molar-refractivity contribution is 14.0. The van der Waals surface area contributed by atoms with Crippen LogP contribution in [0.3, 0.4) is 0 Å². The molecule has 1 atom stereocenters. The molecule has 8 heteroatoms. The molecule has 0 amide bonds. The third-order valence-electron chi connectivity index (χ3n) is 4.35. The predicted molar refractivity (Wildman–Crippen MR) is 132 cm³/mol. The van der Waals surface area contributed by atoms with E-state index < -0.39 is 10.0 Å². The number of nitrogens with zero attached hydrogens (tertiary/aromatic N) is 1. The van der Waals surface area contributed by atoms with Crippen LogP contribution in [0.15, 0.2) is 65.7 Å². The molecule has 0 spiro atoms. The largest absolute Gasteiger partial charge is 0.356 e. The fourth-order valence-electron chi connectivity index (χ4n) is 2.92. The van der Waals surface area contributed by atoms with Crippen LogP contribution in [0.5, 0.6) is 0 Å². The Morgan fingerprint density at radius 3 is 2.17 bits per heavy atom. The van der Waals surface area contributed by atoms with Gasteiger partial charge in [0.15, 0.2) is 5.96 Å². The summed E-state index contributed by atoms with van der Waals surface area (Å²) in [5.74, 6) is 1.03. The lowest BCUT2D eigenvalue weighted by atomic mass is 9.92. The van der Waals surface area contributed by atoms with E-state index in [0.29, 0.717) is 31.4 Å². The predicted octanol–water partition coefficient (Wildman–Crippen LogP) is 2.74. The van der Waals surface area contributed by atoms with Gasteiger partial charge in [0.05, 0.1) is 6.26 Å². The Labute approximate surface area is 191 Å². The van der Waals surface area contributed by atoms with Crippen LogP contribution >= 0.6 is 24.0 Å². The van der Waals surface area contributed by atoms with Crippen LogP contribution in [0.2, 0.25) is 0 Å². The summed E-state index contributed by atoms with van der Waals surface area (Å²) in [4.78, 5) is 4.26. The molecule has 160 valence electrons. The molecule has 2 rings (SSSR count). The van der Waals surface area contributed by atoms with Gasteiger partial charge >= 0.3 is 0 Å². The van der Waals surface area contributed by atoms with Crippen molar-refractivity contribution >= 4 is 40.0 Å². The molecule has 0 aliphatic rings. The Kier molecular flexibility index (Phi) is 11.9. The zero-order chi connectivity index (χ0) is 20.2. The van der Waals surface area contributed by atoms with Crippen LogP contribution in [-0.4, -0.2) is 47.3 Å². The number of sulfonamides is 1. The fraction of sp³-hybridized carbons (Fsp3) is 0.381. The van der Waals surface area contributed by atoms with E-state index in [9.17, 15) is 8.42 Å². The molecule has 0 aliphatic heterocycles. The van der Waals surface area contributed by atoms with Crippen molar-refractivity contribution < 1.29 is 8.42 Å². The molecular weight excluding hydrogens is 499 g/mol. The van der Waals surface area contributed by atoms with Crippen LogP contribution in [0.25, 0.3) is 0 Å². The molecule has 2 aromatic rings. The van der Waals surface area contributed by atoms with E-state index in [-0.39, 0.29) is 24.0 Å². The van der Waals surface area contributed by atoms with Gasteiger partial charge in [0.25, 0.3) is 0 Å². The standard InChI is InChI=1S/C21H30N4O2S.HI/c1-22-21(23-14-9-15-25-28(2,26)27)24-17-20(19-12-7-4-8-13-19)16-18-10-5-3-6-11-18;/h3-8,10-13,20,25H,9,14-17H2,1-2H3,(H2,22,23,24);1H. The average Bonchev–Trinajstić information content (AvgIpc) is 2.69. The zero-order valence-electron chi connectivity index (χ0n) is 17.0. The molecule has 3 N–H and O–H groups in total. The number of benzene rings is 2. The number of guanidine groups is 1. The molecule has 0 aliphatic carbocycles. The van der Waals surface area contributed by atoms with Gasteiger partial charge in [0.2, 0.25) is 10.0 Å². The maximum absolute atomic E-state index is 11.1. The van der Waals surface area contributed by atoms with E-state index in [4.69, 9.17) is 0 Å². The van der Waals surface area contributed by atoms with Gasteiger partial charge in [-0.2, -0.15) is 0 Å². The normalized spacial score (nSPS) is 12.7. The summed E-state index contributed by atoms with van der Waals surface area (Å²) >= 11 is 0. The molecule has 0 saturated carbocycles. The number of nitrogens with one attached hydrogen (secondary N) is 3. The summed E-state index contributed by atoms with van der Waals surface area (Å²) in [7, 11) is -1.40. The first-order valence-electron chi connectivity index (χ1n) is 9.46. The molecule has 0 saturated heterocycles. The zero-order valence-corrected chi connectivity index (χ0v) is 20.1. The highest BCUT2D eigenvalue weighted by Gasteiger charge is 2.13. The van der Waals surface area contributed by atoms with Crippen molar-refractivity contribution in [2.45, 2.75) is 18.8 Å². The summed E-state index contributed by atoms with van der Waals surface area (Å²) in [6, 6.07) is 20.9. The molecule has 0 fully saturated rings. The number of aliphatic imine (C=N–C) groups is 1. The smallest absolute Gasteiger partial charge is 0.208 e. The minimum atomic E-state index is -3.14. The summed E-state index contributed by atoms with van der Waals surface area (Å²) in [6.07, 6.45) is 2.78. The van der Waals surface area contributed by atoms with Gasteiger partial charge in [0, 0.05) is 32.6 Å². The number of hydrogen-bond donors (Lipinski definition) is 3. The van der Waals surface area contributed by atoms with Gasteiger partial charge in [-0.15, -0.1) is 24.0 Å². The average molecular weight is 530 g/mol. The van der Waals surface area contributed by atoms with Crippen LogP contribution in [-0.2, 0) is 16.4 Å². The highest BCUT2D eigenvalue weighted by Crippen LogP contribution is 2.20. The van der Waals surface area contributed by atoms with Crippen LogP contribution < -0.4 is 15.4 Å². The Hall–Kier alpha value is -1.65. The maximum Gasteiger partial charge on any atom is 0.208 e. The van der Waals surface area contributed by atoms with Gasteiger partial charge in [-0.25, -0.2) is 13.1 Å². The number of hydrogen-bond acceptors (Lipinski definition) is 3. The summed E-state index contributed by atoms with van der Waals surface area (Å²) < 4.78 is 24.6. The highest BCUT2D eigenvalue weighted by atomic mass is 127. The van der Waals surface area contributed by atoms with E-state index in [2.05, 4.69) is 68.9 Å². The third-order valence-corrected chi connectivity index (χ3v) is 5.07. The first-order valence-corrected chi connectivity index (χ1v) is 11.3. The van der Waals surface area contributed by atoms with Gasteiger partial charge in [-0.1, -0.05) is 60.7 Å². The van der Waals surface area contributed by atoms with Gasteiger partial charge < -0.3 is 10.6 Å². The first kappa shape index (κ1) is 25.4. The monoisotopic (exact) mass is 530 g/mol. The summed E-state index contributed by atoms with van der Waals surface area (Å²) in [5.41, 5.74) is 2.58. The molecular formula is C21H31IN4O2S. The molecule has 29 heavy (non-hydrogen) atoms. The lowest BCUT2D eigenvalue weighted by Crippen LogP contribution is -2.40. The van der Waals surface area contributed by atoms with Crippen molar-refractivity contribution in [3.05, 3.63) is 71.8 Å². The molecule has 6 nitrogen and oxygen atoms in total. The molecule has 0 heterocycles. The number of halogens is 1. The van der Waals surface area contributed by atoms with Crippen molar-refractivity contribution in [3.8, 4) is 0 Å². The molecule has 0 aromatic heterocycles. The van der Waals surface area contributed by atoms with E-state index >= 15 is 0 Å². The lowest BCUT2D eigenvalue weighted by molar-refractivity contribution is 0.584. The summed E-state index contributed by atoms with van der Waals surface area (Å²) in [6.45, 7) is 1.79. The minimum Gasteiger partial charge on any atom is -0.356 e. The van der Waals surface area contributed by atoms with Gasteiger partial charge in [-0.3, -0.25) is 4.99 Å². The quantitative estimate of drug-likeness (QED) is 0.191. The number of rotatable bonds is 10.